The summed E-state index contributed by atoms with van der Waals surface area (Å²) in [4.78, 5) is 4.02. The van der Waals surface area contributed by atoms with E-state index in [2.05, 4.69) is 4.98 Å². The zero-order valence-electron chi connectivity index (χ0n) is 5.86. The SMILES string of the molecule is CN(O)Cc1ccccn1. The summed E-state index contributed by atoms with van der Waals surface area (Å²) in [5.41, 5.74) is 0.868. The van der Waals surface area contributed by atoms with Crippen LogP contribution in [0.5, 0.6) is 0 Å². The topological polar surface area (TPSA) is 36.4 Å². The monoisotopic (exact) mass is 138 g/mol. The van der Waals surface area contributed by atoms with Crippen LogP contribution in [0.2, 0.25) is 0 Å². The van der Waals surface area contributed by atoms with Crippen molar-refractivity contribution in [2.24, 2.45) is 0 Å². The Hall–Kier alpha value is -0.930. The minimum absolute atomic E-state index is 0.473. The summed E-state index contributed by atoms with van der Waals surface area (Å²) in [5.74, 6) is 0. The second-order valence-corrected chi connectivity index (χ2v) is 2.14. The van der Waals surface area contributed by atoms with Crippen molar-refractivity contribution in [3.63, 3.8) is 0 Å². The van der Waals surface area contributed by atoms with Crippen LogP contribution >= 0.6 is 0 Å². The van der Waals surface area contributed by atoms with Crippen LogP contribution in [0.3, 0.4) is 0 Å². The molecule has 0 radical (unpaired) electrons. The Bertz CT molecular complexity index is 186. The fourth-order valence-electron chi connectivity index (χ4n) is 0.726. The minimum Gasteiger partial charge on any atom is -0.314 e. The van der Waals surface area contributed by atoms with Crippen LogP contribution in [0.4, 0.5) is 0 Å². The summed E-state index contributed by atoms with van der Waals surface area (Å²) in [6.45, 7) is 0.473. The third-order valence-electron chi connectivity index (χ3n) is 1.12. The van der Waals surface area contributed by atoms with Crippen LogP contribution < -0.4 is 0 Å². The highest BCUT2D eigenvalue weighted by Gasteiger charge is 1.93. The highest BCUT2D eigenvalue weighted by Crippen LogP contribution is 1.94. The molecule has 1 heterocycles. The molecule has 0 aliphatic heterocycles. The normalized spacial score (nSPS) is 10.3. The highest BCUT2D eigenvalue weighted by atomic mass is 16.5. The van der Waals surface area contributed by atoms with E-state index in [1.165, 1.54) is 0 Å². The maximum atomic E-state index is 8.80. The molecule has 54 valence electrons. The molecule has 1 aromatic rings. The lowest BCUT2D eigenvalue weighted by atomic mass is 10.3. The first-order valence-electron chi connectivity index (χ1n) is 3.09. The zero-order valence-corrected chi connectivity index (χ0v) is 5.86. The Morgan fingerprint density at radius 2 is 2.40 bits per heavy atom. The maximum Gasteiger partial charge on any atom is 0.0658 e. The number of rotatable bonds is 2. The van der Waals surface area contributed by atoms with Gasteiger partial charge in [0.25, 0.3) is 0 Å². The first-order chi connectivity index (χ1) is 4.79. The predicted octanol–water partition coefficient (Wildman–Crippen LogP) is 0.903. The molecule has 0 spiro atoms. The van der Waals surface area contributed by atoms with Gasteiger partial charge in [0.15, 0.2) is 0 Å². The second-order valence-electron chi connectivity index (χ2n) is 2.14. The molecule has 0 saturated carbocycles. The van der Waals surface area contributed by atoms with Gasteiger partial charge in [0.2, 0.25) is 0 Å². The number of nitrogens with zero attached hydrogens (tertiary/aromatic N) is 2. The third kappa shape index (κ3) is 2.13. The first kappa shape index (κ1) is 7.18. The summed E-state index contributed by atoms with van der Waals surface area (Å²) >= 11 is 0. The fourth-order valence-corrected chi connectivity index (χ4v) is 0.726. The molecular weight excluding hydrogens is 128 g/mol. The molecule has 0 saturated heterocycles. The van der Waals surface area contributed by atoms with Crippen LogP contribution in [-0.4, -0.2) is 22.3 Å². The zero-order chi connectivity index (χ0) is 7.40. The van der Waals surface area contributed by atoms with Crippen molar-refractivity contribution >= 4 is 0 Å². The minimum atomic E-state index is 0.473. The summed E-state index contributed by atoms with van der Waals surface area (Å²) < 4.78 is 0. The molecule has 3 nitrogen and oxygen atoms in total. The van der Waals surface area contributed by atoms with Crippen molar-refractivity contribution in [1.29, 1.82) is 0 Å². The summed E-state index contributed by atoms with van der Waals surface area (Å²) in [6, 6.07) is 5.61. The van der Waals surface area contributed by atoms with E-state index < -0.39 is 0 Å². The molecule has 0 aliphatic rings. The van der Waals surface area contributed by atoms with Gasteiger partial charge in [-0.2, -0.15) is 5.06 Å². The number of pyridine rings is 1. The van der Waals surface area contributed by atoms with E-state index in [1.54, 1.807) is 13.2 Å². The number of hydrogen-bond acceptors (Lipinski definition) is 3. The average Bonchev–Trinajstić information content (AvgIpc) is 1.88. The molecule has 0 aromatic carbocycles. The molecule has 0 atom stereocenters. The maximum absolute atomic E-state index is 8.80. The summed E-state index contributed by atoms with van der Waals surface area (Å²) in [5, 5.41) is 9.90. The largest absolute Gasteiger partial charge is 0.314 e. The number of hydrogen-bond donors (Lipinski definition) is 1. The smallest absolute Gasteiger partial charge is 0.0658 e. The van der Waals surface area contributed by atoms with E-state index in [1.807, 2.05) is 18.2 Å². The van der Waals surface area contributed by atoms with E-state index >= 15 is 0 Å². The molecule has 3 heteroatoms. The highest BCUT2D eigenvalue weighted by molar-refractivity contribution is 5.02. The van der Waals surface area contributed by atoms with Crippen molar-refractivity contribution in [2.45, 2.75) is 6.54 Å². The van der Waals surface area contributed by atoms with E-state index in [0.29, 0.717) is 6.54 Å². The van der Waals surface area contributed by atoms with E-state index in [9.17, 15) is 0 Å². The summed E-state index contributed by atoms with van der Waals surface area (Å²) in [7, 11) is 1.59. The lowest BCUT2D eigenvalue weighted by Crippen LogP contribution is -2.12. The summed E-state index contributed by atoms with van der Waals surface area (Å²) in [6.07, 6.45) is 1.71. The Kier molecular flexibility index (Phi) is 2.36. The van der Waals surface area contributed by atoms with Gasteiger partial charge >= 0.3 is 0 Å². The quantitative estimate of drug-likeness (QED) is 0.617. The molecule has 0 fully saturated rings. The standard InChI is InChI=1S/C7H10N2O/c1-9(10)6-7-4-2-3-5-8-7/h2-5,10H,6H2,1H3. The molecule has 1 N–H and O–H groups in total. The molecular formula is C7H10N2O. The van der Waals surface area contributed by atoms with Gasteiger partial charge in [0, 0.05) is 13.2 Å². The van der Waals surface area contributed by atoms with Crippen LogP contribution in [0, 0.1) is 0 Å². The second kappa shape index (κ2) is 3.29. The number of hydroxylamine groups is 2. The van der Waals surface area contributed by atoms with Crippen molar-refractivity contribution in [1.82, 2.24) is 10.0 Å². The molecule has 1 aromatic heterocycles. The molecule has 10 heavy (non-hydrogen) atoms. The van der Waals surface area contributed by atoms with E-state index in [4.69, 9.17) is 5.21 Å². The van der Waals surface area contributed by atoms with Crippen LogP contribution in [0.1, 0.15) is 5.69 Å². The Morgan fingerprint density at radius 3 is 2.90 bits per heavy atom. The van der Waals surface area contributed by atoms with Gasteiger partial charge < -0.3 is 5.21 Å². The lowest BCUT2D eigenvalue weighted by molar-refractivity contribution is -0.0740. The van der Waals surface area contributed by atoms with Gasteiger partial charge in [0.1, 0.15) is 0 Å². The van der Waals surface area contributed by atoms with Crippen molar-refractivity contribution in [3.05, 3.63) is 30.1 Å². The van der Waals surface area contributed by atoms with Crippen LogP contribution in [0.15, 0.2) is 24.4 Å². The molecule has 0 aliphatic carbocycles. The Balaban J connectivity index is 2.59. The fraction of sp³-hybridized carbons (Fsp3) is 0.286. The van der Waals surface area contributed by atoms with Gasteiger partial charge in [0.05, 0.1) is 12.2 Å². The molecule has 0 bridgehead atoms. The Labute approximate surface area is 59.9 Å². The van der Waals surface area contributed by atoms with Crippen molar-refractivity contribution in [3.8, 4) is 0 Å². The third-order valence-corrected chi connectivity index (χ3v) is 1.12. The van der Waals surface area contributed by atoms with E-state index in [-0.39, 0.29) is 0 Å². The lowest BCUT2D eigenvalue weighted by Gasteiger charge is -2.05. The molecule has 1 rings (SSSR count). The first-order valence-corrected chi connectivity index (χ1v) is 3.09. The van der Waals surface area contributed by atoms with Crippen molar-refractivity contribution < 1.29 is 5.21 Å². The predicted molar refractivity (Wildman–Crippen MR) is 37.5 cm³/mol. The molecule has 0 unspecified atom stereocenters. The van der Waals surface area contributed by atoms with Gasteiger partial charge in [-0.3, -0.25) is 4.98 Å². The molecule has 0 amide bonds. The van der Waals surface area contributed by atoms with Crippen LogP contribution in [-0.2, 0) is 6.54 Å². The van der Waals surface area contributed by atoms with Crippen molar-refractivity contribution in [2.75, 3.05) is 7.05 Å². The Morgan fingerprint density at radius 1 is 1.60 bits per heavy atom. The van der Waals surface area contributed by atoms with Gasteiger partial charge in [-0.05, 0) is 12.1 Å². The van der Waals surface area contributed by atoms with Gasteiger partial charge in [-0.25, -0.2) is 0 Å². The number of aromatic nitrogens is 1. The van der Waals surface area contributed by atoms with Crippen LogP contribution in [0.25, 0.3) is 0 Å². The average molecular weight is 138 g/mol. The van der Waals surface area contributed by atoms with E-state index in [0.717, 1.165) is 10.8 Å². The van der Waals surface area contributed by atoms with Gasteiger partial charge in [-0.15, -0.1) is 0 Å². The van der Waals surface area contributed by atoms with Gasteiger partial charge in [-0.1, -0.05) is 6.07 Å².